The van der Waals surface area contributed by atoms with Crippen LogP contribution in [0.5, 0.6) is 0 Å². The van der Waals surface area contributed by atoms with E-state index in [9.17, 15) is 9.59 Å². The van der Waals surface area contributed by atoms with Crippen LogP contribution in [0.1, 0.15) is 12.7 Å². The van der Waals surface area contributed by atoms with Crippen molar-refractivity contribution in [1.29, 1.82) is 0 Å². The molecule has 1 fully saturated rings. The Balaban J connectivity index is 0.000000431. The smallest absolute Gasteiger partial charge is 0.328 e. The lowest BCUT2D eigenvalue weighted by Gasteiger charge is -2.27. The summed E-state index contributed by atoms with van der Waals surface area (Å²) in [5, 5.41) is 19.0. The van der Waals surface area contributed by atoms with Gasteiger partial charge in [0.25, 0.3) is 0 Å². The summed E-state index contributed by atoms with van der Waals surface area (Å²) in [6, 6.07) is 8.37. The molecule has 1 aliphatic rings. The second kappa shape index (κ2) is 13.4. The van der Waals surface area contributed by atoms with Crippen molar-refractivity contribution in [2.75, 3.05) is 39.4 Å². The summed E-state index contributed by atoms with van der Waals surface area (Å²) in [4.78, 5) is 26.4. The van der Waals surface area contributed by atoms with Crippen molar-refractivity contribution >= 4 is 23.0 Å². The van der Waals surface area contributed by atoms with Crippen LogP contribution in [0.2, 0.25) is 0 Å². The monoisotopic (exact) mass is 422 g/mol. The van der Waals surface area contributed by atoms with Gasteiger partial charge < -0.3 is 30.3 Å². The Hall–Kier alpha value is -2.79. The van der Waals surface area contributed by atoms with Gasteiger partial charge in [-0.05, 0) is 19.1 Å². The van der Waals surface area contributed by atoms with E-state index < -0.39 is 11.9 Å². The Morgan fingerprint density at radius 1 is 1.17 bits per heavy atom. The maximum absolute atomic E-state index is 9.55. The number of piperazine rings is 1. The number of nitrogens with zero attached hydrogens (tertiary/aromatic N) is 3. The number of carbonyl (C=O) groups is 2. The molecule has 0 saturated carbocycles. The van der Waals surface area contributed by atoms with Crippen LogP contribution in [0.4, 0.5) is 0 Å². The largest absolute Gasteiger partial charge is 0.478 e. The van der Waals surface area contributed by atoms with Gasteiger partial charge in [-0.25, -0.2) is 14.6 Å². The fraction of sp³-hybridized carbons (Fsp3) is 0.450. The molecule has 166 valence electrons. The van der Waals surface area contributed by atoms with Gasteiger partial charge in [-0.2, -0.15) is 0 Å². The molecule has 0 aliphatic carbocycles. The summed E-state index contributed by atoms with van der Waals surface area (Å²) in [6.45, 7) is 9.65. The molecule has 10 heteroatoms. The molecule has 2 heterocycles. The van der Waals surface area contributed by atoms with Crippen molar-refractivity contribution in [1.82, 2.24) is 19.8 Å². The van der Waals surface area contributed by atoms with Crippen LogP contribution in [-0.4, -0.2) is 81.5 Å². The first-order chi connectivity index (χ1) is 14.0. The Labute approximate surface area is 175 Å². The highest BCUT2D eigenvalue weighted by Crippen LogP contribution is 2.17. The van der Waals surface area contributed by atoms with E-state index in [0.717, 1.165) is 63.8 Å². The van der Waals surface area contributed by atoms with Gasteiger partial charge in [0.1, 0.15) is 5.82 Å². The molecule has 1 aromatic carbocycles. The number of carboxylic acids is 2. The Kier molecular flexibility index (Phi) is 11.3. The minimum absolute atomic E-state index is 0. The third-order valence-corrected chi connectivity index (χ3v) is 4.34. The molecule has 0 atom stereocenters. The maximum Gasteiger partial charge on any atom is 0.328 e. The number of ether oxygens (including phenoxy) is 1. The molecule has 0 unspecified atom stereocenters. The van der Waals surface area contributed by atoms with E-state index >= 15 is 0 Å². The van der Waals surface area contributed by atoms with Crippen LogP contribution in [0.3, 0.4) is 0 Å². The Morgan fingerprint density at radius 3 is 2.40 bits per heavy atom. The van der Waals surface area contributed by atoms with E-state index in [2.05, 4.69) is 39.0 Å². The number of carboxylic acid groups (broad SMARTS) is 2. The molecule has 0 bridgehead atoms. The van der Waals surface area contributed by atoms with E-state index in [-0.39, 0.29) is 5.48 Å². The lowest BCUT2D eigenvalue weighted by atomic mass is 10.3. The maximum atomic E-state index is 9.55. The average Bonchev–Trinajstić information content (AvgIpc) is 3.05. The van der Waals surface area contributed by atoms with E-state index in [1.54, 1.807) is 0 Å². The second-order valence-electron chi connectivity index (χ2n) is 6.40. The molecule has 1 aromatic heterocycles. The fourth-order valence-electron chi connectivity index (χ4n) is 3.01. The van der Waals surface area contributed by atoms with E-state index in [4.69, 9.17) is 19.9 Å². The van der Waals surface area contributed by atoms with Crippen molar-refractivity contribution in [3.8, 4) is 0 Å². The van der Waals surface area contributed by atoms with Gasteiger partial charge in [0.2, 0.25) is 0 Å². The number of para-hydroxylation sites is 2. The van der Waals surface area contributed by atoms with Crippen molar-refractivity contribution in [3.63, 3.8) is 0 Å². The Morgan fingerprint density at radius 2 is 1.80 bits per heavy atom. The van der Waals surface area contributed by atoms with E-state index in [0.29, 0.717) is 12.2 Å². The predicted molar refractivity (Wildman–Crippen MR) is 112 cm³/mol. The number of aromatic nitrogens is 2. The third kappa shape index (κ3) is 8.29. The molecular weight excluding hydrogens is 392 g/mol. The van der Waals surface area contributed by atoms with Gasteiger partial charge in [0.15, 0.2) is 0 Å². The van der Waals surface area contributed by atoms with Crippen LogP contribution in [0, 0.1) is 0 Å². The summed E-state index contributed by atoms with van der Waals surface area (Å²) >= 11 is 0. The molecule has 5 N–H and O–H groups in total. The number of aliphatic carboxylic acids is 2. The molecule has 30 heavy (non-hydrogen) atoms. The summed E-state index contributed by atoms with van der Waals surface area (Å²) in [5.41, 5.74) is 2.29. The number of benzene rings is 1. The molecule has 2 aromatic rings. The fourth-order valence-corrected chi connectivity index (χ4v) is 3.01. The average molecular weight is 422 g/mol. The molecule has 1 saturated heterocycles. The second-order valence-corrected chi connectivity index (χ2v) is 6.40. The zero-order chi connectivity index (χ0) is 21.1. The summed E-state index contributed by atoms with van der Waals surface area (Å²) in [7, 11) is 0. The predicted octanol–water partition coefficient (Wildman–Crippen LogP) is 0.365. The molecule has 0 radical (unpaired) electrons. The quantitative estimate of drug-likeness (QED) is 0.408. The number of rotatable bonds is 8. The number of hydrogen-bond donors (Lipinski definition) is 3. The van der Waals surface area contributed by atoms with Crippen molar-refractivity contribution < 1.29 is 30.0 Å². The van der Waals surface area contributed by atoms with Gasteiger partial charge in [-0.1, -0.05) is 12.1 Å². The van der Waals surface area contributed by atoms with Gasteiger partial charge in [-0.15, -0.1) is 0 Å². The standard InChI is InChI=1S/C16H24N4O.C4H4O4.H2O/c1-2-21-12-11-20-15-6-4-3-5-14(15)18-16(20)13-19-9-7-17-8-10-19;5-3(6)1-2-4(7)8;/h3-6,17H,2,7-13H2,1H3;1-2H,(H,5,6)(H,7,8);1H2/b;2-1+;. The lowest BCUT2D eigenvalue weighted by Crippen LogP contribution is -2.43. The molecular formula is C20H30N4O6. The van der Waals surface area contributed by atoms with Crippen molar-refractivity contribution in [2.45, 2.75) is 20.0 Å². The highest BCUT2D eigenvalue weighted by Gasteiger charge is 2.15. The molecule has 1 aliphatic heterocycles. The van der Waals surface area contributed by atoms with Crippen molar-refractivity contribution in [3.05, 3.63) is 42.2 Å². The number of fused-ring (bicyclic) bond motifs is 1. The number of nitrogens with one attached hydrogen (secondary N) is 1. The molecule has 0 amide bonds. The topological polar surface area (TPSA) is 148 Å². The summed E-state index contributed by atoms with van der Waals surface area (Å²) in [5.74, 6) is -1.36. The molecule has 3 rings (SSSR count). The SMILES string of the molecule is CCOCCn1c(CN2CCNCC2)nc2ccccc21.O.O=C(O)/C=C/C(=O)O. The van der Waals surface area contributed by atoms with E-state index in [1.807, 2.05) is 6.92 Å². The van der Waals surface area contributed by atoms with Crippen LogP contribution >= 0.6 is 0 Å². The normalized spacial score (nSPS) is 14.2. The van der Waals surface area contributed by atoms with Gasteiger partial charge in [0, 0.05) is 51.5 Å². The molecule has 10 nitrogen and oxygen atoms in total. The first-order valence-corrected chi connectivity index (χ1v) is 9.60. The zero-order valence-corrected chi connectivity index (χ0v) is 17.1. The minimum Gasteiger partial charge on any atom is -0.478 e. The highest BCUT2D eigenvalue weighted by molar-refractivity contribution is 5.89. The zero-order valence-electron chi connectivity index (χ0n) is 17.1. The summed E-state index contributed by atoms with van der Waals surface area (Å²) in [6.07, 6.45) is 1.12. The first-order valence-electron chi connectivity index (χ1n) is 9.60. The van der Waals surface area contributed by atoms with Gasteiger partial charge >= 0.3 is 11.9 Å². The van der Waals surface area contributed by atoms with Crippen LogP contribution in [0.15, 0.2) is 36.4 Å². The van der Waals surface area contributed by atoms with Gasteiger partial charge in [0.05, 0.1) is 24.2 Å². The molecule has 0 spiro atoms. The minimum atomic E-state index is -1.26. The Bertz CT molecular complexity index is 814. The lowest BCUT2D eigenvalue weighted by molar-refractivity contribution is -0.134. The van der Waals surface area contributed by atoms with Gasteiger partial charge in [-0.3, -0.25) is 4.90 Å². The highest BCUT2D eigenvalue weighted by atomic mass is 16.5. The van der Waals surface area contributed by atoms with Crippen LogP contribution in [0.25, 0.3) is 11.0 Å². The number of hydrogen-bond acceptors (Lipinski definition) is 6. The third-order valence-electron chi connectivity index (χ3n) is 4.34. The summed E-state index contributed by atoms with van der Waals surface area (Å²) < 4.78 is 7.84. The van der Waals surface area contributed by atoms with Crippen molar-refractivity contribution in [2.24, 2.45) is 0 Å². The number of imidazole rings is 1. The first kappa shape index (κ1) is 25.2. The van der Waals surface area contributed by atoms with Crippen LogP contribution in [-0.2, 0) is 27.4 Å². The van der Waals surface area contributed by atoms with E-state index in [1.165, 1.54) is 5.52 Å². The van der Waals surface area contributed by atoms with Crippen LogP contribution < -0.4 is 5.32 Å².